The van der Waals surface area contributed by atoms with Crippen molar-refractivity contribution in [3.8, 4) is 0 Å². The first-order valence-corrected chi connectivity index (χ1v) is 6.67. The second kappa shape index (κ2) is 5.55. The van der Waals surface area contributed by atoms with Gasteiger partial charge in [-0.3, -0.25) is 9.78 Å². The minimum absolute atomic E-state index is 0.127. The highest BCUT2D eigenvalue weighted by atomic mass is 19.1. The zero-order valence-corrected chi connectivity index (χ0v) is 11.1. The van der Waals surface area contributed by atoms with Crippen LogP contribution in [-0.2, 0) is 0 Å². The molecule has 1 atom stereocenters. The van der Waals surface area contributed by atoms with Crippen molar-refractivity contribution in [1.29, 1.82) is 0 Å². The molecule has 1 aromatic heterocycles. The number of rotatable bonds is 4. The van der Waals surface area contributed by atoms with Gasteiger partial charge in [-0.05, 0) is 37.0 Å². The average molecular weight is 289 g/mol. The zero-order chi connectivity index (χ0) is 14.8. The van der Waals surface area contributed by atoms with Crippen molar-refractivity contribution < 1.29 is 13.6 Å². The maximum Gasteiger partial charge on any atom is 0.271 e. The monoisotopic (exact) mass is 289 g/mol. The highest BCUT2D eigenvalue weighted by Gasteiger charge is 2.35. The first-order chi connectivity index (χ1) is 10.1. The normalized spacial score (nSPS) is 15.5. The molecule has 1 heterocycles. The van der Waals surface area contributed by atoms with Crippen LogP contribution >= 0.6 is 0 Å². The molecule has 0 saturated heterocycles. The fraction of sp³-hybridized carbons (Fsp3) is 0.267. The van der Waals surface area contributed by atoms with E-state index < -0.39 is 23.6 Å². The Labute approximate surface area is 120 Å². The molecule has 0 spiro atoms. The lowest BCUT2D eigenvalue weighted by Crippen LogP contribution is -2.31. The highest BCUT2D eigenvalue weighted by Crippen LogP contribution is 2.41. The number of benzene rings is 1. The molecule has 1 aliphatic carbocycles. The van der Waals surface area contributed by atoms with Crippen LogP contribution in [0.2, 0.25) is 0 Å². The van der Waals surface area contributed by atoms with E-state index in [0.717, 1.165) is 31.0 Å². The van der Waals surface area contributed by atoms with E-state index in [1.54, 1.807) is 0 Å². The Kier molecular flexibility index (Phi) is 3.60. The second-order valence-corrected chi connectivity index (χ2v) is 5.05. The minimum atomic E-state index is -0.546. The summed E-state index contributed by atoms with van der Waals surface area (Å²) in [4.78, 5) is 19.9. The Morgan fingerprint density at radius 3 is 2.76 bits per heavy atom. The lowest BCUT2D eigenvalue weighted by molar-refractivity contribution is 0.0925. The molecule has 0 radical (unpaired) electrons. The lowest BCUT2D eigenvalue weighted by Gasteiger charge is -2.19. The van der Waals surface area contributed by atoms with Gasteiger partial charge in [0.05, 0.1) is 12.2 Å². The van der Waals surface area contributed by atoms with Crippen LogP contribution in [0, 0.1) is 17.6 Å². The van der Waals surface area contributed by atoms with E-state index in [1.807, 2.05) is 0 Å². The molecule has 4 nitrogen and oxygen atoms in total. The van der Waals surface area contributed by atoms with Crippen LogP contribution in [0.1, 0.15) is 34.9 Å². The summed E-state index contributed by atoms with van der Waals surface area (Å²) in [5, 5.41) is 2.73. The topological polar surface area (TPSA) is 54.9 Å². The summed E-state index contributed by atoms with van der Waals surface area (Å²) in [6.45, 7) is 0. The van der Waals surface area contributed by atoms with Crippen LogP contribution in [0.3, 0.4) is 0 Å². The van der Waals surface area contributed by atoms with E-state index >= 15 is 0 Å². The van der Waals surface area contributed by atoms with Crippen molar-refractivity contribution in [3.63, 3.8) is 0 Å². The summed E-state index contributed by atoms with van der Waals surface area (Å²) in [5.41, 5.74) is 0.328. The van der Waals surface area contributed by atoms with Crippen molar-refractivity contribution in [3.05, 3.63) is 59.7 Å². The van der Waals surface area contributed by atoms with Crippen LogP contribution in [0.25, 0.3) is 0 Å². The molecule has 1 aliphatic rings. The van der Waals surface area contributed by atoms with Gasteiger partial charge in [0.2, 0.25) is 0 Å². The number of hydrogen-bond acceptors (Lipinski definition) is 3. The zero-order valence-electron chi connectivity index (χ0n) is 11.1. The molecule has 6 heteroatoms. The Balaban J connectivity index is 1.86. The average Bonchev–Trinajstić information content (AvgIpc) is 3.33. The molecule has 21 heavy (non-hydrogen) atoms. The van der Waals surface area contributed by atoms with Crippen LogP contribution in [-0.4, -0.2) is 15.9 Å². The van der Waals surface area contributed by atoms with Crippen LogP contribution < -0.4 is 5.32 Å². The minimum Gasteiger partial charge on any atom is -0.343 e. The third kappa shape index (κ3) is 3.04. The predicted molar refractivity (Wildman–Crippen MR) is 71.3 cm³/mol. The summed E-state index contributed by atoms with van der Waals surface area (Å²) < 4.78 is 27.3. The van der Waals surface area contributed by atoms with Crippen LogP contribution in [0.5, 0.6) is 0 Å². The molecule has 1 fully saturated rings. The molecule has 2 aromatic rings. The van der Waals surface area contributed by atoms with Gasteiger partial charge < -0.3 is 5.32 Å². The number of hydrogen-bond donors (Lipinski definition) is 1. The third-order valence-electron chi connectivity index (χ3n) is 3.47. The molecule has 108 valence electrons. The van der Waals surface area contributed by atoms with E-state index in [2.05, 4.69) is 15.3 Å². The molecule has 1 amide bonds. The summed E-state index contributed by atoms with van der Waals surface area (Å²) in [7, 11) is 0. The predicted octanol–water partition coefficient (Wildman–Crippen LogP) is 2.64. The van der Waals surface area contributed by atoms with Gasteiger partial charge in [-0.2, -0.15) is 0 Å². The van der Waals surface area contributed by atoms with Crippen LogP contribution in [0.4, 0.5) is 8.78 Å². The summed E-state index contributed by atoms with van der Waals surface area (Å²) in [6.07, 6.45) is 5.95. The molecular formula is C15H13F2N3O. The fourth-order valence-corrected chi connectivity index (χ4v) is 2.26. The van der Waals surface area contributed by atoms with Gasteiger partial charge in [0.1, 0.15) is 17.3 Å². The molecule has 0 bridgehead atoms. The molecule has 1 saturated carbocycles. The number of nitrogens with zero attached hydrogens (tertiary/aromatic N) is 2. The number of carbonyl (C=O) groups excluding carboxylic acids is 1. The smallest absolute Gasteiger partial charge is 0.271 e. The SMILES string of the molecule is O=C(N[C@H](c1cc(F)ccc1F)C1CC1)c1cnccn1. The second-order valence-electron chi connectivity index (χ2n) is 5.05. The maximum atomic E-state index is 13.9. The Morgan fingerprint density at radius 2 is 2.10 bits per heavy atom. The maximum absolute atomic E-state index is 13.9. The molecule has 1 N–H and O–H groups in total. The number of halogens is 2. The van der Waals surface area contributed by atoms with E-state index in [0.29, 0.717) is 0 Å². The quantitative estimate of drug-likeness (QED) is 0.941. The van der Waals surface area contributed by atoms with Gasteiger partial charge in [0.25, 0.3) is 5.91 Å². The number of amides is 1. The molecular weight excluding hydrogens is 276 g/mol. The van der Waals surface area contributed by atoms with E-state index in [4.69, 9.17) is 0 Å². The van der Waals surface area contributed by atoms with E-state index in [9.17, 15) is 13.6 Å². The standard InChI is InChI=1S/C15H13F2N3O/c16-10-3-4-12(17)11(7-10)14(9-1-2-9)20-15(21)13-8-18-5-6-19-13/h3-9,14H,1-2H2,(H,20,21)/t14-/m0/s1. The van der Waals surface area contributed by atoms with E-state index in [1.165, 1.54) is 18.6 Å². The van der Waals surface area contributed by atoms with Gasteiger partial charge >= 0.3 is 0 Å². The van der Waals surface area contributed by atoms with Gasteiger partial charge in [0.15, 0.2) is 0 Å². The Bertz CT molecular complexity index is 659. The molecule has 0 unspecified atom stereocenters. The van der Waals surface area contributed by atoms with Crippen molar-refractivity contribution in [2.75, 3.05) is 0 Å². The summed E-state index contributed by atoms with van der Waals surface area (Å²) in [6, 6.07) is 2.73. The number of aromatic nitrogens is 2. The molecule has 1 aromatic carbocycles. The Morgan fingerprint density at radius 1 is 1.29 bits per heavy atom. The molecule has 0 aliphatic heterocycles. The fourth-order valence-electron chi connectivity index (χ4n) is 2.26. The third-order valence-corrected chi connectivity index (χ3v) is 3.47. The highest BCUT2D eigenvalue weighted by molar-refractivity contribution is 5.92. The largest absolute Gasteiger partial charge is 0.343 e. The first-order valence-electron chi connectivity index (χ1n) is 6.67. The van der Waals surface area contributed by atoms with Crippen molar-refractivity contribution in [1.82, 2.24) is 15.3 Å². The Hall–Kier alpha value is -2.37. The lowest BCUT2D eigenvalue weighted by atomic mass is 10.0. The van der Waals surface area contributed by atoms with Crippen molar-refractivity contribution in [2.24, 2.45) is 5.92 Å². The van der Waals surface area contributed by atoms with Crippen molar-refractivity contribution in [2.45, 2.75) is 18.9 Å². The van der Waals surface area contributed by atoms with Gasteiger partial charge in [-0.25, -0.2) is 13.8 Å². The van der Waals surface area contributed by atoms with Gasteiger partial charge in [-0.1, -0.05) is 0 Å². The molecule has 3 rings (SSSR count). The van der Waals surface area contributed by atoms with Gasteiger partial charge in [-0.15, -0.1) is 0 Å². The summed E-state index contributed by atoms with van der Waals surface area (Å²) in [5.74, 6) is -1.36. The van der Waals surface area contributed by atoms with E-state index in [-0.39, 0.29) is 17.2 Å². The van der Waals surface area contributed by atoms with Crippen molar-refractivity contribution >= 4 is 5.91 Å². The number of nitrogens with one attached hydrogen (secondary N) is 1. The number of carbonyl (C=O) groups is 1. The summed E-state index contributed by atoms with van der Waals surface area (Å²) >= 11 is 0. The first kappa shape index (κ1) is 13.6. The van der Waals surface area contributed by atoms with Crippen LogP contribution in [0.15, 0.2) is 36.8 Å². The van der Waals surface area contributed by atoms with Gasteiger partial charge in [0, 0.05) is 18.0 Å².